The number of hydrogen-bond donors (Lipinski definition) is 0. The summed E-state index contributed by atoms with van der Waals surface area (Å²) in [5.41, 5.74) is 4.32. The highest BCUT2D eigenvalue weighted by molar-refractivity contribution is 5.85. The number of nitrogens with zero attached hydrogens (tertiary/aromatic N) is 1. The van der Waals surface area contributed by atoms with E-state index in [9.17, 15) is 0 Å². The largest absolute Gasteiger partial charge is 0.256 e. The van der Waals surface area contributed by atoms with E-state index in [4.69, 9.17) is 4.98 Å². The van der Waals surface area contributed by atoms with Gasteiger partial charge in [0.1, 0.15) is 0 Å². The summed E-state index contributed by atoms with van der Waals surface area (Å²) in [6.07, 6.45) is 15.1. The summed E-state index contributed by atoms with van der Waals surface area (Å²) in [6.45, 7) is 10.9. The molecule has 1 aromatic carbocycles. The molecule has 1 saturated carbocycles. The summed E-state index contributed by atoms with van der Waals surface area (Å²) in [5, 5.41) is 2.50. The Kier molecular flexibility index (Phi) is 5.99. The molecule has 3 atom stereocenters. The lowest BCUT2D eigenvalue weighted by Gasteiger charge is -2.31. The molecular weight excluding hydrogens is 326 g/mol. The predicted octanol–water partition coefficient (Wildman–Crippen LogP) is 7.60. The summed E-state index contributed by atoms with van der Waals surface area (Å²) in [4.78, 5) is 4.86. The van der Waals surface area contributed by atoms with E-state index in [-0.39, 0.29) is 0 Å². The zero-order valence-corrected chi connectivity index (χ0v) is 17.5. The van der Waals surface area contributed by atoms with Crippen molar-refractivity contribution in [2.24, 2.45) is 17.3 Å². The van der Waals surface area contributed by atoms with Crippen LogP contribution >= 0.6 is 0 Å². The maximum Gasteiger partial charge on any atom is 0.0673 e. The molecule has 2 aliphatic carbocycles. The standard InChI is InChI=1S/C24H27N.C2H6/c1-4-5-13-24(15-18(24)3)21-12-8-9-17(2)23(21)22-14-19-10-6-7-11-20(19)16-25-22;1-2/h5-11,13-14,16,18,21H,4,12,15H2,1-3H3;1-2H3. The third kappa shape index (κ3) is 3.65. The molecule has 1 heterocycles. The second-order valence-electron chi connectivity index (χ2n) is 7.73. The number of fused-ring (bicyclic) bond motifs is 1. The highest BCUT2D eigenvalue weighted by atomic mass is 14.7. The van der Waals surface area contributed by atoms with Crippen molar-refractivity contribution < 1.29 is 0 Å². The Bertz CT molecular complexity index is 886. The van der Waals surface area contributed by atoms with E-state index in [1.54, 1.807) is 0 Å². The summed E-state index contributed by atoms with van der Waals surface area (Å²) in [6, 6.07) is 10.8. The van der Waals surface area contributed by atoms with Gasteiger partial charge >= 0.3 is 0 Å². The summed E-state index contributed by atoms with van der Waals surface area (Å²) in [5.74, 6) is 1.30. The van der Waals surface area contributed by atoms with E-state index in [0.717, 1.165) is 24.5 Å². The molecule has 1 nitrogen and oxygen atoms in total. The van der Waals surface area contributed by atoms with Crippen LogP contribution in [0.4, 0.5) is 0 Å². The molecule has 4 rings (SSSR count). The minimum Gasteiger partial charge on any atom is -0.256 e. The number of allylic oxidation sites excluding steroid dienone is 6. The second-order valence-corrected chi connectivity index (χ2v) is 7.73. The summed E-state index contributed by atoms with van der Waals surface area (Å²) < 4.78 is 0. The van der Waals surface area contributed by atoms with Crippen LogP contribution < -0.4 is 0 Å². The molecule has 1 fully saturated rings. The zero-order valence-electron chi connectivity index (χ0n) is 17.5. The first-order valence-corrected chi connectivity index (χ1v) is 10.6. The Balaban J connectivity index is 0.00000102. The number of pyridine rings is 1. The van der Waals surface area contributed by atoms with Crippen molar-refractivity contribution in [3.63, 3.8) is 0 Å². The van der Waals surface area contributed by atoms with Crippen molar-refractivity contribution in [3.05, 3.63) is 72.1 Å². The first kappa shape index (κ1) is 19.6. The first-order chi connectivity index (χ1) is 13.2. The Labute approximate surface area is 164 Å². The fraction of sp³-hybridized carbons (Fsp3) is 0.423. The smallest absolute Gasteiger partial charge is 0.0673 e. The second kappa shape index (κ2) is 8.25. The van der Waals surface area contributed by atoms with Gasteiger partial charge in [0.2, 0.25) is 0 Å². The minimum absolute atomic E-state index is 0.324. The third-order valence-electron chi connectivity index (χ3n) is 6.15. The normalized spacial score (nSPS) is 27.0. The maximum absolute atomic E-state index is 4.86. The lowest BCUT2D eigenvalue weighted by Crippen LogP contribution is -2.20. The van der Waals surface area contributed by atoms with Gasteiger partial charge < -0.3 is 0 Å². The quantitative estimate of drug-likeness (QED) is 0.512. The van der Waals surface area contributed by atoms with E-state index < -0.39 is 0 Å². The molecule has 2 aliphatic rings. The Morgan fingerprint density at radius 1 is 1.19 bits per heavy atom. The Hall–Kier alpha value is -2.15. The minimum atomic E-state index is 0.324. The van der Waals surface area contributed by atoms with Crippen LogP contribution in [0.1, 0.15) is 59.6 Å². The zero-order chi connectivity index (χ0) is 19.4. The molecule has 2 aromatic rings. The number of aromatic nitrogens is 1. The maximum atomic E-state index is 4.86. The summed E-state index contributed by atoms with van der Waals surface area (Å²) >= 11 is 0. The van der Waals surface area contributed by atoms with Crippen LogP contribution in [0.25, 0.3) is 16.3 Å². The van der Waals surface area contributed by atoms with Gasteiger partial charge in [0.05, 0.1) is 5.69 Å². The van der Waals surface area contributed by atoms with Crippen LogP contribution in [-0.4, -0.2) is 4.98 Å². The van der Waals surface area contributed by atoms with Gasteiger partial charge in [-0.15, -0.1) is 0 Å². The molecule has 0 bridgehead atoms. The predicted molar refractivity (Wildman–Crippen MR) is 119 cm³/mol. The van der Waals surface area contributed by atoms with Crippen molar-refractivity contribution in [2.75, 3.05) is 0 Å². The van der Waals surface area contributed by atoms with Crippen molar-refractivity contribution in [2.45, 2.75) is 53.9 Å². The molecule has 0 spiro atoms. The average molecular weight is 360 g/mol. The Morgan fingerprint density at radius 3 is 2.56 bits per heavy atom. The SMILES string of the molecule is CC.CCC=CC1(C2CC=CC(C)=C2c2cc3ccccc3cn2)CC1C. The van der Waals surface area contributed by atoms with Gasteiger partial charge in [0.15, 0.2) is 0 Å². The van der Waals surface area contributed by atoms with Gasteiger partial charge in [-0.1, -0.05) is 76.3 Å². The van der Waals surface area contributed by atoms with Crippen molar-refractivity contribution in [1.29, 1.82) is 0 Å². The fourth-order valence-electron chi connectivity index (χ4n) is 4.61. The number of hydrogen-bond acceptors (Lipinski definition) is 1. The topological polar surface area (TPSA) is 12.9 Å². The molecule has 3 unspecified atom stereocenters. The van der Waals surface area contributed by atoms with Crippen LogP contribution in [0.2, 0.25) is 0 Å². The van der Waals surface area contributed by atoms with Crippen LogP contribution in [-0.2, 0) is 0 Å². The first-order valence-electron chi connectivity index (χ1n) is 10.6. The third-order valence-corrected chi connectivity index (χ3v) is 6.15. The van der Waals surface area contributed by atoms with Crippen LogP contribution in [0.5, 0.6) is 0 Å². The van der Waals surface area contributed by atoms with Crippen LogP contribution in [0.3, 0.4) is 0 Å². The molecular formula is C26H33N. The van der Waals surface area contributed by atoms with E-state index in [0.29, 0.717) is 11.3 Å². The van der Waals surface area contributed by atoms with Gasteiger partial charge in [-0.3, -0.25) is 4.98 Å². The number of rotatable bonds is 4. The lowest BCUT2D eigenvalue weighted by atomic mass is 9.73. The molecule has 27 heavy (non-hydrogen) atoms. The van der Waals surface area contributed by atoms with Gasteiger partial charge in [0.25, 0.3) is 0 Å². The van der Waals surface area contributed by atoms with Crippen LogP contribution in [0, 0.1) is 17.3 Å². The van der Waals surface area contributed by atoms with E-state index in [1.807, 2.05) is 20.0 Å². The number of benzene rings is 1. The van der Waals surface area contributed by atoms with Crippen molar-refractivity contribution in [3.8, 4) is 0 Å². The molecule has 0 saturated heterocycles. The molecule has 0 radical (unpaired) electrons. The van der Waals surface area contributed by atoms with Crippen LogP contribution in [0.15, 0.2) is 66.4 Å². The average Bonchev–Trinajstić information content (AvgIpc) is 3.38. The van der Waals surface area contributed by atoms with Crippen molar-refractivity contribution in [1.82, 2.24) is 4.98 Å². The highest BCUT2D eigenvalue weighted by Crippen LogP contribution is 2.63. The molecule has 0 N–H and O–H groups in total. The lowest BCUT2D eigenvalue weighted by molar-refractivity contribution is 0.435. The van der Waals surface area contributed by atoms with E-state index >= 15 is 0 Å². The molecule has 0 amide bonds. The fourth-order valence-corrected chi connectivity index (χ4v) is 4.61. The van der Waals surface area contributed by atoms with Gasteiger partial charge in [0, 0.05) is 11.6 Å². The van der Waals surface area contributed by atoms with Crippen molar-refractivity contribution >= 4 is 16.3 Å². The van der Waals surface area contributed by atoms with Gasteiger partial charge in [-0.2, -0.15) is 0 Å². The van der Waals surface area contributed by atoms with E-state index in [1.165, 1.54) is 28.3 Å². The Morgan fingerprint density at radius 2 is 1.89 bits per heavy atom. The monoisotopic (exact) mass is 359 g/mol. The summed E-state index contributed by atoms with van der Waals surface area (Å²) in [7, 11) is 0. The highest BCUT2D eigenvalue weighted by Gasteiger charge is 2.55. The molecule has 1 heteroatoms. The molecule has 1 aromatic heterocycles. The molecule has 0 aliphatic heterocycles. The van der Waals surface area contributed by atoms with Gasteiger partial charge in [-0.25, -0.2) is 0 Å². The van der Waals surface area contributed by atoms with Gasteiger partial charge in [-0.05, 0) is 66.0 Å². The van der Waals surface area contributed by atoms with E-state index in [2.05, 4.69) is 75.4 Å². The molecule has 142 valence electrons.